The molecule has 21 heavy (non-hydrogen) atoms. The van der Waals surface area contributed by atoms with Crippen molar-refractivity contribution >= 4 is 5.97 Å². The lowest BCUT2D eigenvalue weighted by Gasteiger charge is -2.24. The average molecular weight is 291 g/mol. The SMILES string of the molecule is CC(C(=O)O)c1ccc(CN2CCCC2CCCO)cc1. The van der Waals surface area contributed by atoms with E-state index in [1.807, 2.05) is 24.3 Å². The Balaban J connectivity index is 1.95. The maximum atomic E-state index is 11.0. The molecule has 116 valence electrons. The third-order valence-electron chi connectivity index (χ3n) is 4.43. The normalized spacial score (nSPS) is 20.6. The van der Waals surface area contributed by atoms with Crippen LogP contribution >= 0.6 is 0 Å². The number of likely N-dealkylation sites (tertiary alicyclic amines) is 1. The van der Waals surface area contributed by atoms with E-state index < -0.39 is 11.9 Å². The maximum Gasteiger partial charge on any atom is 0.310 e. The topological polar surface area (TPSA) is 60.8 Å². The Labute approximate surface area is 126 Å². The van der Waals surface area contributed by atoms with Gasteiger partial charge in [0.1, 0.15) is 0 Å². The number of carboxylic acids is 1. The molecule has 2 rings (SSSR count). The van der Waals surface area contributed by atoms with Crippen LogP contribution in [-0.2, 0) is 11.3 Å². The van der Waals surface area contributed by atoms with Gasteiger partial charge in [0, 0.05) is 19.2 Å². The van der Waals surface area contributed by atoms with Crippen molar-refractivity contribution in [1.29, 1.82) is 0 Å². The number of aliphatic hydroxyl groups excluding tert-OH is 1. The fourth-order valence-corrected chi connectivity index (χ4v) is 3.05. The number of carboxylic acid groups (broad SMARTS) is 1. The Morgan fingerprint density at radius 3 is 2.71 bits per heavy atom. The molecule has 0 radical (unpaired) electrons. The molecule has 2 atom stereocenters. The molecule has 0 aliphatic carbocycles. The summed E-state index contributed by atoms with van der Waals surface area (Å²) in [6, 6.07) is 8.50. The third kappa shape index (κ3) is 4.29. The van der Waals surface area contributed by atoms with E-state index in [0.717, 1.165) is 31.5 Å². The van der Waals surface area contributed by atoms with Gasteiger partial charge in [-0.15, -0.1) is 0 Å². The number of aliphatic hydroxyl groups is 1. The Hall–Kier alpha value is -1.39. The van der Waals surface area contributed by atoms with Crippen molar-refractivity contribution in [3.63, 3.8) is 0 Å². The van der Waals surface area contributed by atoms with Gasteiger partial charge in [0.15, 0.2) is 0 Å². The number of benzene rings is 1. The van der Waals surface area contributed by atoms with Crippen LogP contribution in [0.2, 0.25) is 0 Å². The van der Waals surface area contributed by atoms with Gasteiger partial charge in [-0.05, 0) is 50.3 Å². The fraction of sp³-hybridized carbons (Fsp3) is 0.588. The van der Waals surface area contributed by atoms with E-state index in [-0.39, 0.29) is 6.61 Å². The predicted octanol–water partition coefficient (Wildman–Crippen LogP) is 2.61. The number of aliphatic carboxylic acids is 1. The molecular formula is C17H25NO3. The number of hydrogen-bond donors (Lipinski definition) is 2. The third-order valence-corrected chi connectivity index (χ3v) is 4.43. The summed E-state index contributed by atoms with van der Waals surface area (Å²) in [6.07, 6.45) is 4.37. The van der Waals surface area contributed by atoms with Gasteiger partial charge in [-0.3, -0.25) is 9.69 Å². The van der Waals surface area contributed by atoms with Crippen LogP contribution in [0.4, 0.5) is 0 Å². The van der Waals surface area contributed by atoms with Gasteiger partial charge in [-0.1, -0.05) is 24.3 Å². The second kappa shape index (κ2) is 7.57. The minimum Gasteiger partial charge on any atom is -0.481 e. The molecule has 1 fully saturated rings. The van der Waals surface area contributed by atoms with Crippen LogP contribution in [0.3, 0.4) is 0 Å². The zero-order chi connectivity index (χ0) is 15.2. The van der Waals surface area contributed by atoms with Crippen LogP contribution in [-0.4, -0.2) is 40.3 Å². The van der Waals surface area contributed by atoms with Gasteiger partial charge in [-0.25, -0.2) is 0 Å². The van der Waals surface area contributed by atoms with Crippen LogP contribution in [0, 0.1) is 0 Å². The highest BCUT2D eigenvalue weighted by Crippen LogP contribution is 2.24. The quantitative estimate of drug-likeness (QED) is 0.810. The molecular weight excluding hydrogens is 266 g/mol. The summed E-state index contributed by atoms with van der Waals surface area (Å²) in [7, 11) is 0. The van der Waals surface area contributed by atoms with E-state index >= 15 is 0 Å². The van der Waals surface area contributed by atoms with E-state index in [2.05, 4.69) is 4.90 Å². The number of carbonyl (C=O) groups is 1. The highest BCUT2D eigenvalue weighted by molar-refractivity contribution is 5.75. The van der Waals surface area contributed by atoms with Crippen LogP contribution < -0.4 is 0 Å². The van der Waals surface area contributed by atoms with Crippen molar-refractivity contribution in [1.82, 2.24) is 4.90 Å². The van der Waals surface area contributed by atoms with E-state index in [9.17, 15) is 4.79 Å². The molecule has 0 amide bonds. The molecule has 1 aromatic carbocycles. The standard InChI is InChI=1S/C17H25NO3/c1-13(17(20)21)15-8-6-14(7-9-15)12-18-10-2-4-16(18)5-3-11-19/h6-9,13,16,19H,2-5,10-12H2,1H3,(H,20,21). The van der Waals surface area contributed by atoms with Crippen molar-refractivity contribution < 1.29 is 15.0 Å². The molecule has 2 unspecified atom stereocenters. The van der Waals surface area contributed by atoms with Gasteiger partial charge in [0.25, 0.3) is 0 Å². The van der Waals surface area contributed by atoms with E-state index in [0.29, 0.717) is 6.04 Å². The maximum absolute atomic E-state index is 11.0. The summed E-state index contributed by atoms with van der Waals surface area (Å²) in [5, 5.41) is 18.0. The molecule has 1 aromatic rings. The fourth-order valence-electron chi connectivity index (χ4n) is 3.05. The highest BCUT2D eigenvalue weighted by Gasteiger charge is 2.23. The molecule has 1 aliphatic rings. The first-order chi connectivity index (χ1) is 10.1. The molecule has 1 heterocycles. The van der Waals surface area contributed by atoms with Crippen molar-refractivity contribution in [2.45, 2.75) is 51.1 Å². The summed E-state index contributed by atoms with van der Waals surface area (Å²) in [4.78, 5) is 13.5. The zero-order valence-electron chi connectivity index (χ0n) is 12.7. The monoisotopic (exact) mass is 291 g/mol. The zero-order valence-corrected chi connectivity index (χ0v) is 12.7. The molecule has 0 spiro atoms. The smallest absolute Gasteiger partial charge is 0.310 e. The second-order valence-electron chi connectivity index (χ2n) is 5.93. The van der Waals surface area contributed by atoms with Crippen LogP contribution in [0.1, 0.15) is 49.7 Å². The summed E-state index contributed by atoms with van der Waals surface area (Å²) in [5.74, 6) is -1.24. The Morgan fingerprint density at radius 1 is 1.38 bits per heavy atom. The largest absolute Gasteiger partial charge is 0.481 e. The first-order valence-corrected chi connectivity index (χ1v) is 7.78. The van der Waals surface area contributed by atoms with Crippen molar-refractivity contribution in [2.75, 3.05) is 13.2 Å². The minimum atomic E-state index is -0.786. The van der Waals surface area contributed by atoms with Gasteiger partial charge in [-0.2, -0.15) is 0 Å². The molecule has 0 saturated carbocycles. The van der Waals surface area contributed by atoms with E-state index in [4.69, 9.17) is 10.2 Å². The van der Waals surface area contributed by atoms with Crippen molar-refractivity contribution in [2.24, 2.45) is 0 Å². The van der Waals surface area contributed by atoms with Crippen LogP contribution in [0.15, 0.2) is 24.3 Å². The first-order valence-electron chi connectivity index (χ1n) is 7.78. The van der Waals surface area contributed by atoms with Gasteiger partial charge >= 0.3 is 5.97 Å². The van der Waals surface area contributed by atoms with E-state index in [1.165, 1.54) is 18.4 Å². The summed E-state index contributed by atoms with van der Waals surface area (Å²) >= 11 is 0. The molecule has 0 bridgehead atoms. The minimum absolute atomic E-state index is 0.270. The van der Waals surface area contributed by atoms with Crippen molar-refractivity contribution in [3.05, 3.63) is 35.4 Å². The van der Waals surface area contributed by atoms with Gasteiger partial charge < -0.3 is 10.2 Å². The van der Waals surface area contributed by atoms with Gasteiger partial charge in [0.2, 0.25) is 0 Å². The number of nitrogens with zero attached hydrogens (tertiary/aromatic N) is 1. The molecule has 0 aromatic heterocycles. The molecule has 1 saturated heterocycles. The highest BCUT2D eigenvalue weighted by atomic mass is 16.4. The lowest BCUT2D eigenvalue weighted by molar-refractivity contribution is -0.138. The van der Waals surface area contributed by atoms with E-state index in [1.54, 1.807) is 6.92 Å². The second-order valence-corrected chi connectivity index (χ2v) is 5.93. The summed E-state index contributed by atoms with van der Waals surface area (Å²) in [6.45, 7) is 4.01. The number of hydrogen-bond acceptors (Lipinski definition) is 3. The summed E-state index contributed by atoms with van der Waals surface area (Å²) < 4.78 is 0. The lowest BCUT2D eigenvalue weighted by Crippen LogP contribution is -2.29. The predicted molar refractivity (Wildman–Crippen MR) is 82.2 cm³/mol. The van der Waals surface area contributed by atoms with Crippen molar-refractivity contribution in [3.8, 4) is 0 Å². The average Bonchev–Trinajstić information content (AvgIpc) is 2.92. The molecule has 2 N–H and O–H groups in total. The Kier molecular flexibility index (Phi) is 5.76. The Morgan fingerprint density at radius 2 is 2.10 bits per heavy atom. The molecule has 4 nitrogen and oxygen atoms in total. The van der Waals surface area contributed by atoms with Gasteiger partial charge in [0.05, 0.1) is 5.92 Å². The number of rotatable bonds is 7. The molecule has 1 aliphatic heterocycles. The molecule has 4 heteroatoms. The lowest BCUT2D eigenvalue weighted by atomic mass is 10.00. The first kappa shape index (κ1) is 16.0. The summed E-state index contributed by atoms with van der Waals surface area (Å²) in [5.41, 5.74) is 2.08. The van der Waals surface area contributed by atoms with Crippen LogP contribution in [0.5, 0.6) is 0 Å². The Bertz CT molecular complexity index is 458. The van der Waals surface area contributed by atoms with Crippen LogP contribution in [0.25, 0.3) is 0 Å².